The number of rotatable bonds is 5. The summed E-state index contributed by atoms with van der Waals surface area (Å²) < 4.78 is 1.57. The molecule has 28 heavy (non-hydrogen) atoms. The Bertz CT molecular complexity index is 1150. The van der Waals surface area contributed by atoms with E-state index in [9.17, 15) is 9.59 Å². The molecule has 4 rings (SSSR count). The lowest BCUT2D eigenvalue weighted by atomic mass is 10.1. The molecule has 1 aromatic heterocycles. The van der Waals surface area contributed by atoms with E-state index in [2.05, 4.69) is 4.98 Å². The van der Waals surface area contributed by atoms with Crippen LogP contribution in [0.5, 0.6) is 0 Å². The van der Waals surface area contributed by atoms with E-state index >= 15 is 0 Å². The lowest BCUT2D eigenvalue weighted by molar-refractivity contribution is 0.0953. The van der Waals surface area contributed by atoms with Gasteiger partial charge in [-0.1, -0.05) is 53.7 Å². The smallest absolute Gasteiger partial charge is 0.264 e. The van der Waals surface area contributed by atoms with Crippen molar-refractivity contribution in [2.75, 3.05) is 5.75 Å². The average Bonchev–Trinajstić information content (AvgIpc) is 3.11. The van der Waals surface area contributed by atoms with Crippen LogP contribution in [0.2, 0.25) is 5.02 Å². The van der Waals surface area contributed by atoms with Crippen LogP contribution in [-0.2, 0) is 0 Å². The maximum atomic E-state index is 13.1. The summed E-state index contributed by atoms with van der Waals surface area (Å²) in [7, 11) is 0. The van der Waals surface area contributed by atoms with Gasteiger partial charge in [0.1, 0.15) is 0 Å². The van der Waals surface area contributed by atoms with Crippen LogP contribution < -0.4 is 0 Å². The van der Waals surface area contributed by atoms with E-state index in [0.29, 0.717) is 26.8 Å². The third-order valence-electron chi connectivity index (χ3n) is 4.25. The largest absolute Gasteiger partial charge is 0.293 e. The van der Waals surface area contributed by atoms with E-state index in [1.807, 2.05) is 42.5 Å². The monoisotopic (exact) mass is 406 g/mol. The number of nitrogens with zero attached hydrogens (tertiary/aromatic N) is 2. The van der Waals surface area contributed by atoms with Crippen LogP contribution in [0, 0.1) is 0 Å². The molecule has 0 aliphatic carbocycles. The minimum Gasteiger partial charge on any atom is -0.293 e. The van der Waals surface area contributed by atoms with E-state index in [4.69, 9.17) is 11.6 Å². The van der Waals surface area contributed by atoms with Crippen molar-refractivity contribution in [1.29, 1.82) is 0 Å². The van der Waals surface area contributed by atoms with Crippen LogP contribution in [-0.4, -0.2) is 27.0 Å². The Morgan fingerprint density at radius 2 is 1.54 bits per heavy atom. The van der Waals surface area contributed by atoms with E-state index in [1.165, 1.54) is 11.8 Å². The molecule has 0 bridgehead atoms. The van der Waals surface area contributed by atoms with E-state index < -0.39 is 0 Å². The minimum absolute atomic E-state index is 0.0487. The lowest BCUT2D eigenvalue weighted by Crippen LogP contribution is -2.14. The van der Waals surface area contributed by atoms with Crippen molar-refractivity contribution < 1.29 is 9.59 Å². The quantitative estimate of drug-likeness (QED) is 0.331. The van der Waals surface area contributed by atoms with Crippen molar-refractivity contribution >= 4 is 46.1 Å². The highest BCUT2D eigenvalue weighted by Gasteiger charge is 2.19. The summed E-state index contributed by atoms with van der Waals surface area (Å²) >= 11 is 7.13. The van der Waals surface area contributed by atoms with E-state index in [1.54, 1.807) is 41.0 Å². The first-order valence-corrected chi connectivity index (χ1v) is 9.98. The number of thioether (sulfide) groups is 1. The molecular weight excluding hydrogens is 392 g/mol. The van der Waals surface area contributed by atoms with Crippen molar-refractivity contribution in [1.82, 2.24) is 9.55 Å². The second-order valence-electron chi connectivity index (χ2n) is 6.11. The number of Topliss-reactive ketones (excluding diaryl/α,β-unsaturated/α-hetero) is 1. The summed E-state index contributed by atoms with van der Waals surface area (Å²) in [6.07, 6.45) is 0. The van der Waals surface area contributed by atoms with Gasteiger partial charge in [0.2, 0.25) is 0 Å². The van der Waals surface area contributed by atoms with Crippen molar-refractivity contribution in [3.63, 3.8) is 0 Å². The molecule has 0 fully saturated rings. The van der Waals surface area contributed by atoms with Crippen molar-refractivity contribution in [3.05, 3.63) is 95.0 Å². The number of halogens is 1. The van der Waals surface area contributed by atoms with Crippen LogP contribution in [0.3, 0.4) is 0 Å². The predicted molar refractivity (Wildman–Crippen MR) is 112 cm³/mol. The summed E-state index contributed by atoms with van der Waals surface area (Å²) in [5.41, 5.74) is 2.58. The highest BCUT2D eigenvalue weighted by Crippen LogP contribution is 2.26. The zero-order valence-corrected chi connectivity index (χ0v) is 16.3. The summed E-state index contributed by atoms with van der Waals surface area (Å²) in [5.74, 6) is -0.0456. The van der Waals surface area contributed by atoms with Crippen LogP contribution in [0.15, 0.2) is 84.0 Å². The molecule has 6 heteroatoms. The van der Waals surface area contributed by atoms with Gasteiger partial charge in [0, 0.05) is 16.1 Å². The first kappa shape index (κ1) is 18.5. The first-order valence-electron chi connectivity index (χ1n) is 8.62. The zero-order chi connectivity index (χ0) is 19.5. The van der Waals surface area contributed by atoms with Gasteiger partial charge in [-0.25, -0.2) is 4.98 Å². The molecule has 0 atom stereocenters. The molecule has 0 spiro atoms. The van der Waals surface area contributed by atoms with Gasteiger partial charge < -0.3 is 0 Å². The molecule has 138 valence electrons. The van der Waals surface area contributed by atoms with Crippen LogP contribution in [0.1, 0.15) is 20.7 Å². The number of para-hydroxylation sites is 2. The maximum absolute atomic E-state index is 13.1. The van der Waals surface area contributed by atoms with Gasteiger partial charge in [0.15, 0.2) is 10.9 Å². The molecule has 4 aromatic rings. The van der Waals surface area contributed by atoms with Gasteiger partial charge in [0.05, 0.1) is 16.8 Å². The molecule has 1 heterocycles. The van der Waals surface area contributed by atoms with Crippen LogP contribution >= 0.6 is 23.4 Å². The lowest BCUT2D eigenvalue weighted by Gasteiger charge is -2.07. The number of aromatic nitrogens is 2. The van der Waals surface area contributed by atoms with Crippen molar-refractivity contribution in [2.45, 2.75) is 5.16 Å². The summed E-state index contributed by atoms with van der Waals surface area (Å²) in [6, 6.07) is 23.3. The molecule has 0 saturated carbocycles. The molecule has 0 aliphatic heterocycles. The fourth-order valence-electron chi connectivity index (χ4n) is 2.86. The third kappa shape index (κ3) is 3.72. The van der Waals surface area contributed by atoms with Gasteiger partial charge in [-0.15, -0.1) is 0 Å². The number of imidazole rings is 1. The normalized spacial score (nSPS) is 10.9. The first-order chi connectivity index (χ1) is 13.6. The summed E-state index contributed by atoms with van der Waals surface area (Å²) in [5, 5.41) is 1.08. The summed E-state index contributed by atoms with van der Waals surface area (Å²) in [6.45, 7) is 0. The number of carbonyl (C=O) groups excluding carboxylic acids is 2. The average molecular weight is 407 g/mol. The fourth-order valence-corrected chi connectivity index (χ4v) is 3.88. The Balaban J connectivity index is 1.66. The number of carbonyl (C=O) groups is 2. The number of fused-ring (bicyclic) bond motifs is 1. The van der Waals surface area contributed by atoms with Gasteiger partial charge in [-0.05, 0) is 48.5 Å². The third-order valence-corrected chi connectivity index (χ3v) is 5.44. The van der Waals surface area contributed by atoms with Crippen LogP contribution in [0.4, 0.5) is 0 Å². The van der Waals surface area contributed by atoms with Gasteiger partial charge in [0.25, 0.3) is 5.91 Å². The standard InChI is InChI=1S/C22H15ClN2O2S/c23-17-12-10-15(11-13-17)20(26)14-28-22-24-18-8-4-5-9-19(18)25(22)21(27)16-6-2-1-3-7-16/h1-13H,14H2. The molecule has 0 N–H and O–H groups in total. The molecule has 0 unspecified atom stereocenters. The van der Waals surface area contributed by atoms with E-state index in [-0.39, 0.29) is 17.4 Å². The predicted octanol–water partition coefficient (Wildman–Crippen LogP) is 5.35. The SMILES string of the molecule is O=C(CSc1nc2ccccc2n1C(=O)c1ccccc1)c1ccc(Cl)cc1. The highest BCUT2D eigenvalue weighted by atomic mass is 35.5. The molecular formula is C22H15ClN2O2S. The Hall–Kier alpha value is -2.89. The topological polar surface area (TPSA) is 52.0 Å². The molecule has 0 amide bonds. The molecule has 0 saturated heterocycles. The number of hydrogen-bond donors (Lipinski definition) is 0. The van der Waals surface area contributed by atoms with Crippen molar-refractivity contribution in [2.24, 2.45) is 0 Å². The Kier molecular flexibility index (Phi) is 5.28. The second-order valence-corrected chi connectivity index (χ2v) is 7.49. The Labute approximate surface area is 171 Å². The zero-order valence-electron chi connectivity index (χ0n) is 14.7. The van der Waals surface area contributed by atoms with Gasteiger partial charge in [-0.2, -0.15) is 0 Å². The number of ketones is 1. The van der Waals surface area contributed by atoms with Gasteiger partial charge in [-0.3, -0.25) is 14.2 Å². The molecule has 3 aromatic carbocycles. The number of benzene rings is 3. The van der Waals surface area contributed by atoms with Crippen LogP contribution in [0.25, 0.3) is 11.0 Å². The Morgan fingerprint density at radius 3 is 2.29 bits per heavy atom. The van der Waals surface area contributed by atoms with Gasteiger partial charge >= 0.3 is 0 Å². The van der Waals surface area contributed by atoms with E-state index in [0.717, 1.165) is 5.52 Å². The fraction of sp³-hybridized carbons (Fsp3) is 0.0455. The number of hydrogen-bond acceptors (Lipinski definition) is 4. The molecule has 0 aliphatic rings. The molecule has 4 nitrogen and oxygen atoms in total. The molecule has 0 radical (unpaired) electrons. The maximum Gasteiger partial charge on any atom is 0.264 e. The minimum atomic E-state index is -0.171. The highest BCUT2D eigenvalue weighted by molar-refractivity contribution is 7.99. The van der Waals surface area contributed by atoms with Crippen molar-refractivity contribution in [3.8, 4) is 0 Å². The second kappa shape index (κ2) is 8.00. The Morgan fingerprint density at radius 1 is 0.857 bits per heavy atom. The summed E-state index contributed by atoms with van der Waals surface area (Å²) in [4.78, 5) is 30.2.